The molecule has 4 heteroatoms. The summed E-state index contributed by atoms with van der Waals surface area (Å²) < 4.78 is 13.1. The molecule has 0 fully saturated rings. The van der Waals surface area contributed by atoms with Crippen LogP contribution in [0.3, 0.4) is 0 Å². The Morgan fingerprint density at radius 1 is 1.64 bits per heavy atom. The van der Waals surface area contributed by atoms with Gasteiger partial charge < -0.3 is 5.11 Å². The lowest BCUT2D eigenvalue weighted by Gasteiger charge is -2.10. The van der Waals surface area contributed by atoms with Crippen molar-refractivity contribution in [2.45, 2.75) is 18.9 Å². The number of aromatic nitrogens is 1. The topological polar surface area (TPSA) is 33.1 Å². The number of hydrogen-bond donors (Lipinski definition) is 1. The minimum atomic E-state index is -0.704. The Bertz CT molecular complexity index is 283. The Kier molecular flexibility index (Phi) is 4.90. The molecule has 0 aliphatic carbocycles. The average Bonchev–Trinajstić information content (AvgIpc) is 2.18. The van der Waals surface area contributed by atoms with E-state index in [-0.39, 0.29) is 0 Å². The highest BCUT2D eigenvalue weighted by atomic mass is 32.2. The summed E-state index contributed by atoms with van der Waals surface area (Å²) in [4.78, 5) is 3.63. The lowest BCUT2D eigenvalue weighted by atomic mass is 10.1. The maximum absolute atomic E-state index is 13.1. The van der Waals surface area contributed by atoms with Gasteiger partial charge in [-0.1, -0.05) is 0 Å². The lowest BCUT2D eigenvalue weighted by Crippen LogP contribution is -2.01. The predicted octanol–water partition coefficient (Wildman–Crippen LogP) is 2.40. The van der Waals surface area contributed by atoms with Crippen molar-refractivity contribution in [3.05, 3.63) is 29.8 Å². The summed E-state index contributed by atoms with van der Waals surface area (Å²) in [6.07, 6.45) is 5.43. The van der Waals surface area contributed by atoms with Gasteiger partial charge in [0.2, 0.25) is 0 Å². The molecule has 1 heterocycles. The number of pyridine rings is 1. The highest BCUT2D eigenvalue weighted by Gasteiger charge is 2.11. The van der Waals surface area contributed by atoms with Gasteiger partial charge in [0, 0.05) is 11.8 Å². The van der Waals surface area contributed by atoms with Crippen molar-refractivity contribution in [1.82, 2.24) is 4.98 Å². The molecule has 0 aliphatic rings. The summed E-state index contributed by atoms with van der Waals surface area (Å²) in [5.41, 5.74) is 0.348. The Labute approximate surface area is 87.6 Å². The molecule has 78 valence electrons. The van der Waals surface area contributed by atoms with E-state index in [4.69, 9.17) is 0 Å². The van der Waals surface area contributed by atoms with Gasteiger partial charge in [0.1, 0.15) is 5.82 Å². The molecule has 0 spiro atoms. The molecule has 1 aromatic heterocycles. The standard InChI is InChI=1S/C10H14FNOS/c1-14-6-2-3-10(13)8-4-5-12-7-9(8)11/h4-5,7,10,13H,2-3,6H2,1H3. The van der Waals surface area contributed by atoms with Gasteiger partial charge in [-0.25, -0.2) is 4.39 Å². The summed E-state index contributed by atoms with van der Waals surface area (Å²) >= 11 is 1.73. The molecule has 0 saturated heterocycles. The molecule has 0 saturated carbocycles. The normalized spacial score (nSPS) is 12.8. The molecule has 0 aromatic carbocycles. The van der Waals surface area contributed by atoms with Gasteiger partial charge in [-0.2, -0.15) is 11.8 Å². The van der Waals surface area contributed by atoms with Crippen molar-refractivity contribution in [2.75, 3.05) is 12.0 Å². The smallest absolute Gasteiger partial charge is 0.147 e. The van der Waals surface area contributed by atoms with Crippen LogP contribution in [0.5, 0.6) is 0 Å². The van der Waals surface area contributed by atoms with Crippen LogP contribution < -0.4 is 0 Å². The third-order valence-corrected chi connectivity index (χ3v) is 2.69. The fourth-order valence-electron chi connectivity index (χ4n) is 1.23. The average molecular weight is 215 g/mol. The molecule has 1 unspecified atom stereocenters. The molecule has 1 rings (SSSR count). The Morgan fingerprint density at radius 3 is 3.07 bits per heavy atom. The van der Waals surface area contributed by atoms with Gasteiger partial charge in [-0.3, -0.25) is 4.98 Å². The van der Waals surface area contributed by atoms with Crippen molar-refractivity contribution in [3.63, 3.8) is 0 Å². The van der Waals surface area contributed by atoms with Gasteiger partial charge in [-0.15, -0.1) is 0 Å². The van der Waals surface area contributed by atoms with Crippen LogP contribution >= 0.6 is 11.8 Å². The monoisotopic (exact) mass is 215 g/mol. The van der Waals surface area contributed by atoms with E-state index < -0.39 is 11.9 Å². The molecule has 2 nitrogen and oxygen atoms in total. The number of halogens is 1. The van der Waals surface area contributed by atoms with Crippen LogP contribution in [-0.4, -0.2) is 22.1 Å². The van der Waals surface area contributed by atoms with E-state index in [0.717, 1.165) is 18.4 Å². The van der Waals surface area contributed by atoms with Crippen molar-refractivity contribution in [2.24, 2.45) is 0 Å². The Balaban J connectivity index is 2.51. The first-order valence-corrected chi connectivity index (χ1v) is 5.91. The largest absolute Gasteiger partial charge is 0.388 e. The molecular weight excluding hydrogens is 201 g/mol. The zero-order valence-corrected chi connectivity index (χ0v) is 8.93. The van der Waals surface area contributed by atoms with E-state index in [0.29, 0.717) is 12.0 Å². The second-order valence-corrected chi connectivity index (χ2v) is 4.03. The van der Waals surface area contributed by atoms with Crippen LogP contribution in [0.1, 0.15) is 24.5 Å². The highest BCUT2D eigenvalue weighted by Crippen LogP contribution is 2.20. The zero-order chi connectivity index (χ0) is 10.4. The van der Waals surface area contributed by atoms with E-state index in [9.17, 15) is 9.50 Å². The van der Waals surface area contributed by atoms with Crippen molar-refractivity contribution >= 4 is 11.8 Å². The van der Waals surface area contributed by atoms with Crippen molar-refractivity contribution in [1.29, 1.82) is 0 Å². The summed E-state index contributed by atoms with van der Waals surface area (Å²) in [6.45, 7) is 0. The first kappa shape index (κ1) is 11.5. The quantitative estimate of drug-likeness (QED) is 0.766. The van der Waals surface area contributed by atoms with E-state index in [2.05, 4.69) is 4.98 Å². The zero-order valence-electron chi connectivity index (χ0n) is 8.11. The lowest BCUT2D eigenvalue weighted by molar-refractivity contribution is 0.162. The molecule has 1 atom stereocenters. The van der Waals surface area contributed by atoms with Crippen molar-refractivity contribution in [3.8, 4) is 0 Å². The maximum atomic E-state index is 13.1. The number of hydrogen-bond acceptors (Lipinski definition) is 3. The van der Waals surface area contributed by atoms with E-state index >= 15 is 0 Å². The van der Waals surface area contributed by atoms with Gasteiger partial charge in [0.25, 0.3) is 0 Å². The maximum Gasteiger partial charge on any atom is 0.147 e. The fraction of sp³-hybridized carbons (Fsp3) is 0.500. The second-order valence-electron chi connectivity index (χ2n) is 3.05. The molecule has 0 radical (unpaired) electrons. The number of rotatable bonds is 5. The predicted molar refractivity (Wildman–Crippen MR) is 56.8 cm³/mol. The van der Waals surface area contributed by atoms with E-state index in [1.54, 1.807) is 11.8 Å². The molecule has 14 heavy (non-hydrogen) atoms. The van der Waals surface area contributed by atoms with Crippen LogP contribution in [0.2, 0.25) is 0 Å². The van der Waals surface area contributed by atoms with Crippen LogP contribution in [0.15, 0.2) is 18.5 Å². The van der Waals surface area contributed by atoms with Gasteiger partial charge in [-0.05, 0) is 30.9 Å². The molecular formula is C10H14FNOS. The number of thioether (sulfide) groups is 1. The highest BCUT2D eigenvalue weighted by molar-refractivity contribution is 7.98. The molecule has 0 bridgehead atoms. The minimum absolute atomic E-state index is 0.348. The van der Waals surface area contributed by atoms with Crippen LogP contribution in [0.25, 0.3) is 0 Å². The summed E-state index contributed by atoms with van der Waals surface area (Å²) in [5.74, 6) is 0.563. The second kappa shape index (κ2) is 5.98. The number of aliphatic hydroxyl groups excluding tert-OH is 1. The molecule has 0 aliphatic heterocycles. The molecule has 0 amide bonds. The Morgan fingerprint density at radius 2 is 2.43 bits per heavy atom. The van der Waals surface area contributed by atoms with Gasteiger partial charge >= 0.3 is 0 Å². The van der Waals surface area contributed by atoms with Gasteiger partial charge in [0.15, 0.2) is 0 Å². The summed E-state index contributed by atoms with van der Waals surface area (Å²) in [5, 5.41) is 9.65. The third-order valence-electron chi connectivity index (χ3n) is 1.99. The number of nitrogens with zero attached hydrogens (tertiary/aromatic N) is 1. The number of aliphatic hydroxyl groups is 1. The fourth-order valence-corrected chi connectivity index (χ4v) is 1.69. The first-order valence-electron chi connectivity index (χ1n) is 4.52. The van der Waals surface area contributed by atoms with Crippen LogP contribution in [0.4, 0.5) is 4.39 Å². The van der Waals surface area contributed by atoms with Crippen LogP contribution in [0, 0.1) is 5.82 Å². The summed E-state index contributed by atoms with van der Waals surface area (Å²) in [7, 11) is 0. The molecule has 1 aromatic rings. The van der Waals surface area contributed by atoms with E-state index in [1.807, 2.05) is 6.26 Å². The van der Waals surface area contributed by atoms with Crippen molar-refractivity contribution < 1.29 is 9.50 Å². The third kappa shape index (κ3) is 3.27. The SMILES string of the molecule is CSCCCC(O)c1ccncc1F. The first-order chi connectivity index (χ1) is 6.75. The minimum Gasteiger partial charge on any atom is -0.388 e. The Hall–Kier alpha value is -0.610. The van der Waals surface area contributed by atoms with Gasteiger partial charge in [0.05, 0.1) is 12.3 Å². The summed E-state index contributed by atoms with van der Waals surface area (Å²) in [6, 6.07) is 1.53. The van der Waals surface area contributed by atoms with Crippen LogP contribution in [-0.2, 0) is 0 Å². The van der Waals surface area contributed by atoms with E-state index in [1.165, 1.54) is 12.3 Å². The molecule has 1 N–H and O–H groups in total.